The number of ether oxygens (including phenoxy) is 2. The fourth-order valence-corrected chi connectivity index (χ4v) is 3.97. The molecule has 42 heavy (non-hydrogen) atoms. The monoisotopic (exact) mass is 560 g/mol. The molecule has 0 amide bonds. The zero-order valence-corrected chi connectivity index (χ0v) is 22.5. The minimum Gasteiger partial charge on any atom is -0.508 e. The van der Waals surface area contributed by atoms with Crippen LogP contribution in [0.4, 0.5) is 34.1 Å². The van der Waals surface area contributed by atoms with Gasteiger partial charge in [0, 0.05) is 29.0 Å². The zero-order chi connectivity index (χ0) is 29.5. The summed E-state index contributed by atoms with van der Waals surface area (Å²) < 4.78 is 10.2. The number of aromatic hydroxyl groups is 2. The molecule has 0 aromatic heterocycles. The number of rotatable bonds is 9. The van der Waals surface area contributed by atoms with Crippen molar-refractivity contribution >= 4 is 51.4 Å². The molecule has 5 rings (SSSR count). The van der Waals surface area contributed by atoms with Gasteiger partial charge in [0.2, 0.25) is 0 Å². The second-order valence-electron chi connectivity index (χ2n) is 8.94. The molecule has 0 aliphatic rings. The molecule has 0 heterocycles. The van der Waals surface area contributed by atoms with Crippen LogP contribution in [0, 0.1) is 6.92 Å². The van der Waals surface area contributed by atoms with Crippen LogP contribution in [0.15, 0.2) is 122 Å². The number of hydrogen-bond donors (Lipinski definition) is 2. The second kappa shape index (κ2) is 12.5. The van der Waals surface area contributed by atoms with Crippen molar-refractivity contribution in [2.45, 2.75) is 6.92 Å². The molecule has 0 unspecified atom stereocenters. The van der Waals surface area contributed by atoms with Crippen molar-refractivity contribution in [2.24, 2.45) is 30.7 Å². The predicted octanol–water partition coefficient (Wildman–Crippen LogP) is 9.35. The number of nitrogens with zero attached hydrogens (tertiary/aromatic N) is 6. The molecule has 11 heteroatoms. The Morgan fingerprint density at radius 1 is 0.595 bits per heavy atom. The van der Waals surface area contributed by atoms with E-state index in [-0.39, 0.29) is 23.7 Å². The third-order valence-corrected chi connectivity index (χ3v) is 6.17. The number of methoxy groups -OCH3 is 1. The first-order valence-electron chi connectivity index (χ1n) is 12.6. The van der Waals surface area contributed by atoms with E-state index in [1.54, 1.807) is 42.5 Å². The number of phenolic OH excluding ortho intramolecular Hbond substituents is 2. The van der Waals surface area contributed by atoms with E-state index in [1.165, 1.54) is 19.2 Å². The Labute approximate surface area is 240 Å². The number of fused-ring (bicyclic) bond motifs is 1. The summed E-state index contributed by atoms with van der Waals surface area (Å²) >= 11 is 0. The summed E-state index contributed by atoms with van der Waals surface area (Å²) in [5.41, 5.74) is 3.92. The maximum atomic E-state index is 10.5. The minimum absolute atomic E-state index is 0.0236. The number of hydrogen-bond acceptors (Lipinski definition) is 11. The Bertz CT molecular complexity index is 1870. The molecule has 5 aromatic carbocycles. The van der Waals surface area contributed by atoms with Crippen LogP contribution in [0.1, 0.15) is 5.56 Å². The second-order valence-corrected chi connectivity index (χ2v) is 8.94. The van der Waals surface area contributed by atoms with Crippen molar-refractivity contribution in [2.75, 3.05) is 7.11 Å². The van der Waals surface area contributed by atoms with E-state index in [0.29, 0.717) is 39.9 Å². The highest BCUT2D eigenvalue weighted by atomic mass is 16.5. The summed E-state index contributed by atoms with van der Waals surface area (Å²) in [6.07, 6.45) is 0. The number of carbonyl (C=O) groups excluding carboxylic acids is 1. The lowest BCUT2D eigenvalue weighted by molar-refractivity contribution is -0.120. The standard InChI is InChI=1S/C31H24N6O5/c1-19-7-8-20(15-28(19)39)34-35-25-12-13-26(24-6-4-3-5-23(24)25)36-37-27-11-9-22(17-31(27)41-2)33-32-21-10-14-30(42-18-38)29(40)16-21/h3-18,39-40H,1-2H3. The number of azo groups is 3. The van der Waals surface area contributed by atoms with Crippen LogP contribution in [-0.4, -0.2) is 23.8 Å². The van der Waals surface area contributed by atoms with Crippen LogP contribution in [0.25, 0.3) is 10.8 Å². The largest absolute Gasteiger partial charge is 0.508 e. The Hall–Kier alpha value is -5.97. The van der Waals surface area contributed by atoms with Crippen molar-refractivity contribution in [1.29, 1.82) is 0 Å². The van der Waals surface area contributed by atoms with Gasteiger partial charge in [-0.15, -0.1) is 15.3 Å². The minimum atomic E-state index is -0.234. The fourth-order valence-electron chi connectivity index (χ4n) is 3.97. The van der Waals surface area contributed by atoms with E-state index in [4.69, 9.17) is 4.74 Å². The third kappa shape index (κ3) is 6.26. The van der Waals surface area contributed by atoms with Crippen molar-refractivity contribution in [3.8, 4) is 23.0 Å². The highest BCUT2D eigenvalue weighted by molar-refractivity contribution is 5.99. The summed E-state index contributed by atoms with van der Waals surface area (Å²) in [5, 5.41) is 47.4. The number of aryl methyl sites for hydroxylation is 1. The maximum Gasteiger partial charge on any atom is 0.298 e. The summed E-state index contributed by atoms with van der Waals surface area (Å²) in [4.78, 5) is 10.5. The first-order chi connectivity index (χ1) is 20.4. The van der Waals surface area contributed by atoms with Crippen LogP contribution < -0.4 is 9.47 Å². The molecular formula is C31H24N6O5. The summed E-state index contributed by atoms with van der Waals surface area (Å²) in [7, 11) is 1.52. The molecule has 2 N–H and O–H groups in total. The normalized spacial score (nSPS) is 11.6. The molecule has 11 nitrogen and oxygen atoms in total. The van der Waals surface area contributed by atoms with Gasteiger partial charge in [0.1, 0.15) is 17.2 Å². The van der Waals surface area contributed by atoms with Crippen LogP contribution in [0.5, 0.6) is 23.0 Å². The van der Waals surface area contributed by atoms with Gasteiger partial charge in [-0.25, -0.2) is 0 Å². The van der Waals surface area contributed by atoms with Crippen molar-refractivity contribution in [3.05, 3.63) is 96.6 Å². The molecule has 0 radical (unpaired) electrons. The lowest BCUT2D eigenvalue weighted by Crippen LogP contribution is -1.87. The lowest BCUT2D eigenvalue weighted by atomic mass is 10.1. The Morgan fingerprint density at radius 2 is 1.12 bits per heavy atom. The van der Waals surface area contributed by atoms with Crippen molar-refractivity contribution < 1.29 is 24.5 Å². The van der Waals surface area contributed by atoms with E-state index >= 15 is 0 Å². The number of carbonyl (C=O) groups is 1. The Kier molecular flexibility index (Phi) is 8.19. The van der Waals surface area contributed by atoms with Gasteiger partial charge < -0.3 is 19.7 Å². The average molecular weight is 561 g/mol. The zero-order valence-electron chi connectivity index (χ0n) is 22.5. The average Bonchev–Trinajstić information content (AvgIpc) is 3.01. The van der Waals surface area contributed by atoms with Gasteiger partial charge in [0.25, 0.3) is 6.47 Å². The quantitative estimate of drug-likeness (QED) is 0.136. The molecule has 208 valence electrons. The van der Waals surface area contributed by atoms with Crippen molar-refractivity contribution in [3.63, 3.8) is 0 Å². The van der Waals surface area contributed by atoms with E-state index in [9.17, 15) is 15.0 Å². The van der Waals surface area contributed by atoms with Crippen LogP contribution in [0.2, 0.25) is 0 Å². The van der Waals surface area contributed by atoms with Crippen LogP contribution >= 0.6 is 0 Å². The molecule has 0 aliphatic carbocycles. The van der Waals surface area contributed by atoms with E-state index in [1.807, 2.05) is 43.3 Å². The lowest BCUT2D eigenvalue weighted by Gasteiger charge is -2.06. The summed E-state index contributed by atoms with van der Waals surface area (Å²) in [6, 6.07) is 25.8. The number of benzene rings is 5. The Morgan fingerprint density at radius 3 is 1.74 bits per heavy atom. The van der Waals surface area contributed by atoms with Gasteiger partial charge in [-0.1, -0.05) is 30.3 Å². The van der Waals surface area contributed by atoms with Crippen LogP contribution in [-0.2, 0) is 4.79 Å². The first-order valence-corrected chi connectivity index (χ1v) is 12.6. The van der Waals surface area contributed by atoms with E-state index in [0.717, 1.165) is 16.3 Å². The molecule has 0 aliphatic heterocycles. The van der Waals surface area contributed by atoms with Gasteiger partial charge in [-0.2, -0.15) is 15.3 Å². The smallest absolute Gasteiger partial charge is 0.298 e. The Balaban J connectivity index is 1.38. The van der Waals surface area contributed by atoms with Crippen molar-refractivity contribution in [1.82, 2.24) is 0 Å². The SMILES string of the molecule is COc1cc(N=Nc2ccc(OC=O)c(O)c2)ccc1N=Nc1ccc(N=Nc2ccc(C)c(O)c2)c2ccccc12. The maximum absolute atomic E-state index is 10.5. The van der Waals surface area contributed by atoms with E-state index in [2.05, 4.69) is 35.4 Å². The van der Waals surface area contributed by atoms with Gasteiger partial charge in [0.05, 0.1) is 35.5 Å². The summed E-state index contributed by atoms with van der Waals surface area (Å²) in [6.45, 7) is 2.04. The van der Waals surface area contributed by atoms with Gasteiger partial charge in [-0.3, -0.25) is 4.79 Å². The predicted molar refractivity (Wildman–Crippen MR) is 157 cm³/mol. The third-order valence-electron chi connectivity index (χ3n) is 6.17. The topological polar surface area (TPSA) is 150 Å². The first kappa shape index (κ1) is 27.6. The van der Waals surface area contributed by atoms with E-state index < -0.39 is 0 Å². The highest BCUT2D eigenvalue weighted by Gasteiger charge is 2.08. The molecule has 0 saturated carbocycles. The number of phenols is 2. The summed E-state index contributed by atoms with van der Waals surface area (Å²) in [5.74, 6) is 0.387. The molecule has 0 fully saturated rings. The molecule has 5 aromatic rings. The fraction of sp³-hybridized carbons (Fsp3) is 0.0645. The van der Waals surface area contributed by atoms with Gasteiger partial charge in [-0.05, 0) is 55.0 Å². The van der Waals surface area contributed by atoms with Gasteiger partial charge in [0.15, 0.2) is 11.5 Å². The molecule has 0 spiro atoms. The molecular weight excluding hydrogens is 536 g/mol. The molecule has 0 saturated heterocycles. The highest BCUT2D eigenvalue weighted by Crippen LogP contribution is 2.38. The molecule has 0 bridgehead atoms. The van der Waals surface area contributed by atoms with Gasteiger partial charge >= 0.3 is 0 Å². The molecule has 0 atom stereocenters. The van der Waals surface area contributed by atoms with Crippen LogP contribution in [0.3, 0.4) is 0 Å².